The average Bonchev–Trinajstić information content (AvgIpc) is 2.77. The average molecular weight is 258 g/mol. The van der Waals surface area contributed by atoms with Crippen LogP contribution < -0.4 is 5.32 Å². The predicted molar refractivity (Wildman–Crippen MR) is 77.6 cm³/mol. The van der Waals surface area contributed by atoms with Gasteiger partial charge in [-0.25, -0.2) is 0 Å². The number of nitrogens with zero attached hydrogens (tertiary/aromatic N) is 1. The number of likely N-dealkylation sites (N-methyl/N-ethyl adjacent to an activating group) is 1. The molecule has 3 rings (SSSR count). The van der Waals surface area contributed by atoms with E-state index in [2.05, 4.69) is 24.4 Å². The molecule has 3 nitrogen and oxygen atoms in total. The first-order valence-electron chi connectivity index (χ1n) is 7.33. The minimum Gasteiger partial charge on any atom is -0.385 e. The van der Waals surface area contributed by atoms with Gasteiger partial charge < -0.3 is 10.2 Å². The van der Waals surface area contributed by atoms with Crippen molar-refractivity contribution in [1.82, 2.24) is 4.90 Å². The SMILES string of the molecule is CCc1ccc2c(c1[C@@H]1CC(=O)N(C)C1)CCCN2. The quantitative estimate of drug-likeness (QED) is 0.884. The van der Waals surface area contributed by atoms with Gasteiger partial charge in [-0.05, 0) is 42.0 Å². The van der Waals surface area contributed by atoms with Crippen LogP contribution in [0.1, 0.15) is 42.4 Å². The Bertz CT molecular complexity index is 510. The van der Waals surface area contributed by atoms with Gasteiger partial charge in [0.1, 0.15) is 0 Å². The summed E-state index contributed by atoms with van der Waals surface area (Å²) in [5, 5.41) is 3.50. The topological polar surface area (TPSA) is 32.3 Å². The lowest BCUT2D eigenvalue weighted by atomic mass is 9.84. The van der Waals surface area contributed by atoms with Crippen LogP contribution in [-0.2, 0) is 17.6 Å². The van der Waals surface area contributed by atoms with E-state index >= 15 is 0 Å². The maximum atomic E-state index is 11.8. The molecular weight excluding hydrogens is 236 g/mol. The Morgan fingerprint density at radius 2 is 2.26 bits per heavy atom. The molecule has 1 fully saturated rings. The molecule has 0 unspecified atom stereocenters. The molecule has 0 saturated carbocycles. The molecule has 0 spiro atoms. The first kappa shape index (κ1) is 12.5. The normalized spacial score (nSPS) is 22.3. The highest BCUT2D eigenvalue weighted by molar-refractivity contribution is 5.80. The van der Waals surface area contributed by atoms with Gasteiger partial charge in [0.2, 0.25) is 5.91 Å². The van der Waals surface area contributed by atoms with Gasteiger partial charge in [-0.15, -0.1) is 0 Å². The van der Waals surface area contributed by atoms with E-state index in [1.807, 2.05) is 11.9 Å². The van der Waals surface area contributed by atoms with Gasteiger partial charge in [-0.1, -0.05) is 13.0 Å². The third kappa shape index (κ3) is 2.11. The number of amides is 1. The van der Waals surface area contributed by atoms with Crippen molar-refractivity contribution in [3.05, 3.63) is 28.8 Å². The number of hydrogen-bond acceptors (Lipinski definition) is 2. The van der Waals surface area contributed by atoms with E-state index in [0.717, 1.165) is 25.9 Å². The van der Waals surface area contributed by atoms with Crippen molar-refractivity contribution in [1.29, 1.82) is 0 Å². The number of fused-ring (bicyclic) bond motifs is 1. The van der Waals surface area contributed by atoms with Crippen molar-refractivity contribution in [2.24, 2.45) is 0 Å². The zero-order valence-corrected chi connectivity index (χ0v) is 11.8. The smallest absolute Gasteiger partial charge is 0.223 e. The zero-order valence-electron chi connectivity index (χ0n) is 11.8. The summed E-state index contributed by atoms with van der Waals surface area (Å²) in [7, 11) is 1.92. The monoisotopic (exact) mass is 258 g/mol. The molecule has 0 radical (unpaired) electrons. The maximum absolute atomic E-state index is 11.8. The van der Waals surface area contributed by atoms with E-state index in [9.17, 15) is 4.79 Å². The number of aryl methyl sites for hydroxylation is 1. The number of hydrogen-bond donors (Lipinski definition) is 1. The van der Waals surface area contributed by atoms with Gasteiger partial charge in [-0.2, -0.15) is 0 Å². The van der Waals surface area contributed by atoms with Gasteiger partial charge in [0.15, 0.2) is 0 Å². The minimum absolute atomic E-state index is 0.286. The van der Waals surface area contributed by atoms with E-state index in [1.165, 1.54) is 28.8 Å². The van der Waals surface area contributed by atoms with Gasteiger partial charge in [0.25, 0.3) is 0 Å². The second-order valence-electron chi connectivity index (χ2n) is 5.72. The van der Waals surface area contributed by atoms with E-state index in [1.54, 1.807) is 0 Å². The zero-order chi connectivity index (χ0) is 13.4. The Hall–Kier alpha value is -1.51. The molecule has 0 bridgehead atoms. The number of carbonyl (C=O) groups is 1. The van der Waals surface area contributed by atoms with E-state index in [4.69, 9.17) is 0 Å². The van der Waals surface area contributed by atoms with Gasteiger partial charge in [0.05, 0.1) is 0 Å². The first-order chi connectivity index (χ1) is 9.20. The molecule has 1 N–H and O–H groups in total. The van der Waals surface area contributed by atoms with Crippen LogP contribution in [0.15, 0.2) is 12.1 Å². The molecular formula is C16H22N2O. The van der Waals surface area contributed by atoms with Crippen molar-refractivity contribution in [2.75, 3.05) is 25.5 Å². The van der Waals surface area contributed by atoms with Crippen molar-refractivity contribution < 1.29 is 4.79 Å². The summed E-state index contributed by atoms with van der Waals surface area (Å²) < 4.78 is 0. The number of rotatable bonds is 2. The second kappa shape index (κ2) is 4.87. The highest BCUT2D eigenvalue weighted by Crippen LogP contribution is 2.37. The summed E-state index contributed by atoms with van der Waals surface area (Å²) >= 11 is 0. The maximum Gasteiger partial charge on any atom is 0.223 e. The molecule has 3 heteroatoms. The minimum atomic E-state index is 0.286. The summed E-state index contributed by atoms with van der Waals surface area (Å²) in [5.41, 5.74) is 5.65. The number of likely N-dealkylation sites (tertiary alicyclic amines) is 1. The van der Waals surface area contributed by atoms with Crippen molar-refractivity contribution in [3.8, 4) is 0 Å². The molecule has 1 amide bonds. The van der Waals surface area contributed by atoms with Crippen LogP contribution in [0, 0.1) is 0 Å². The van der Waals surface area contributed by atoms with E-state index in [-0.39, 0.29) is 5.91 Å². The summed E-state index contributed by atoms with van der Waals surface area (Å²) in [6.45, 7) is 4.16. The molecule has 102 valence electrons. The van der Waals surface area contributed by atoms with Crippen LogP contribution >= 0.6 is 0 Å². The number of benzene rings is 1. The van der Waals surface area contributed by atoms with Crippen LogP contribution in [0.2, 0.25) is 0 Å². The lowest BCUT2D eigenvalue weighted by Crippen LogP contribution is -2.20. The molecule has 1 aromatic rings. The van der Waals surface area contributed by atoms with Gasteiger partial charge in [-0.3, -0.25) is 4.79 Å². The van der Waals surface area contributed by atoms with Crippen molar-refractivity contribution in [2.45, 2.75) is 38.5 Å². The van der Waals surface area contributed by atoms with E-state index in [0.29, 0.717) is 12.3 Å². The van der Waals surface area contributed by atoms with Crippen molar-refractivity contribution in [3.63, 3.8) is 0 Å². The Morgan fingerprint density at radius 1 is 1.42 bits per heavy atom. The summed E-state index contributed by atoms with van der Waals surface area (Å²) in [6.07, 6.45) is 4.08. The van der Waals surface area contributed by atoms with Crippen LogP contribution in [0.4, 0.5) is 5.69 Å². The summed E-state index contributed by atoms with van der Waals surface area (Å²) in [6, 6.07) is 4.46. The number of anilines is 1. The fourth-order valence-corrected chi connectivity index (χ4v) is 3.51. The van der Waals surface area contributed by atoms with Gasteiger partial charge >= 0.3 is 0 Å². The standard InChI is InChI=1S/C16H22N2O/c1-3-11-6-7-14-13(5-4-8-17-14)16(11)12-9-15(19)18(2)10-12/h6-7,12,17H,3-5,8-10H2,1-2H3/t12-/m1/s1. The largest absolute Gasteiger partial charge is 0.385 e. The Balaban J connectivity index is 2.05. The van der Waals surface area contributed by atoms with Crippen LogP contribution in [-0.4, -0.2) is 30.9 Å². The fraction of sp³-hybridized carbons (Fsp3) is 0.562. The molecule has 19 heavy (non-hydrogen) atoms. The lowest BCUT2D eigenvalue weighted by Gasteiger charge is -2.26. The molecule has 1 atom stereocenters. The van der Waals surface area contributed by atoms with Crippen LogP contribution in [0.5, 0.6) is 0 Å². The number of carbonyl (C=O) groups excluding carboxylic acids is 1. The molecule has 1 saturated heterocycles. The summed E-state index contributed by atoms with van der Waals surface area (Å²) in [4.78, 5) is 13.7. The van der Waals surface area contributed by atoms with E-state index < -0.39 is 0 Å². The van der Waals surface area contributed by atoms with Gasteiger partial charge in [0, 0.05) is 38.2 Å². The first-order valence-corrected chi connectivity index (χ1v) is 7.33. The third-order valence-electron chi connectivity index (χ3n) is 4.50. The molecule has 2 aliphatic rings. The number of nitrogens with one attached hydrogen (secondary N) is 1. The fourth-order valence-electron chi connectivity index (χ4n) is 3.51. The Morgan fingerprint density at radius 3 is 2.95 bits per heavy atom. The lowest BCUT2D eigenvalue weighted by molar-refractivity contribution is -0.126. The molecule has 0 aliphatic carbocycles. The molecule has 1 aromatic carbocycles. The predicted octanol–water partition coefficient (Wildman–Crippen LogP) is 2.55. The van der Waals surface area contributed by atoms with Crippen molar-refractivity contribution >= 4 is 11.6 Å². The summed E-state index contributed by atoms with van der Waals surface area (Å²) in [5.74, 6) is 0.677. The highest BCUT2D eigenvalue weighted by atomic mass is 16.2. The Kier molecular flexibility index (Phi) is 3.21. The highest BCUT2D eigenvalue weighted by Gasteiger charge is 2.31. The third-order valence-corrected chi connectivity index (χ3v) is 4.50. The molecule has 2 aliphatic heterocycles. The molecule has 0 aromatic heterocycles. The molecule has 2 heterocycles. The second-order valence-corrected chi connectivity index (χ2v) is 5.72. The van der Waals surface area contributed by atoms with Crippen LogP contribution in [0.3, 0.4) is 0 Å². The van der Waals surface area contributed by atoms with Crippen LogP contribution in [0.25, 0.3) is 0 Å². The Labute approximate surface area is 115 Å².